The van der Waals surface area contributed by atoms with Crippen molar-refractivity contribution >= 4 is 0 Å². The molecular formula is C34H50O. The van der Waals surface area contributed by atoms with Gasteiger partial charge in [0.25, 0.3) is 0 Å². The zero-order chi connectivity index (χ0) is 26.5. The standard InChI is InChI=1S/C34H50O/c1-10-11-18-29(2)21-14-22-30(3)19-12-13-20-31(4)23-15-24-32(5)25-16-26-33(6)27-17-28-34(7,8)35-9/h10,14-17,19-27H,1,11-13,18,28H2,2-9H3/b22-14+,23-15+,25-16+,27-17+,29-21+,30-19+,31-20-,32-24+,33-26+. The van der Waals surface area contributed by atoms with Crippen molar-refractivity contribution in [2.75, 3.05) is 7.11 Å². The largest absolute Gasteiger partial charge is 0.378 e. The third kappa shape index (κ3) is 20.4. The maximum atomic E-state index is 5.44. The molecule has 0 unspecified atom stereocenters. The molecule has 0 aliphatic carbocycles. The fraction of sp³-hybridized carbons (Fsp3) is 0.412. The summed E-state index contributed by atoms with van der Waals surface area (Å²) >= 11 is 0. The summed E-state index contributed by atoms with van der Waals surface area (Å²) in [7, 11) is 1.76. The van der Waals surface area contributed by atoms with E-state index in [9.17, 15) is 0 Å². The van der Waals surface area contributed by atoms with Gasteiger partial charge in [-0.1, -0.05) is 113 Å². The molecule has 0 aromatic carbocycles. The summed E-state index contributed by atoms with van der Waals surface area (Å²) in [6.07, 6.45) is 35.4. The van der Waals surface area contributed by atoms with Crippen molar-refractivity contribution < 1.29 is 4.74 Å². The second-order valence-electron chi connectivity index (χ2n) is 9.78. The van der Waals surface area contributed by atoms with Crippen LogP contribution >= 0.6 is 0 Å². The molecule has 0 aliphatic heterocycles. The molecule has 0 bridgehead atoms. The highest BCUT2D eigenvalue weighted by Crippen LogP contribution is 2.14. The first-order valence-corrected chi connectivity index (χ1v) is 12.8. The van der Waals surface area contributed by atoms with Crippen molar-refractivity contribution in [3.05, 3.63) is 120 Å². The molecule has 0 fully saturated rings. The SMILES string of the molecule is C=CCC/C(C)=C/C=C/C(C)=C/CC\C=C(C)/C=C/C=C(C)/C=C/C=C(C)/C=C/CC(C)(C)OC. The second kappa shape index (κ2) is 19.6. The highest BCUT2D eigenvalue weighted by atomic mass is 16.5. The van der Waals surface area contributed by atoms with Crippen LogP contribution in [0.3, 0.4) is 0 Å². The Bertz CT molecular complexity index is 889. The Hall–Kier alpha value is -2.64. The topological polar surface area (TPSA) is 9.23 Å². The van der Waals surface area contributed by atoms with Crippen molar-refractivity contribution in [2.45, 2.75) is 86.2 Å². The van der Waals surface area contributed by atoms with Crippen LogP contribution in [0.25, 0.3) is 0 Å². The van der Waals surface area contributed by atoms with Gasteiger partial charge in [-0.15, -0.1) is 6.58 Å². The van der Waals surface area contributed by atoms with Crippen molar-refractivity contribution in [3.63, 3.8) is 0 Å². The van der Waals surface area contributed by atoms with Gasteiger partial charge >= 0.3 is 0 Å². The van der Waals surface area contributed by atoms with E-state index in [-0.39, 0.29) is 5.60 Å². The average Bonchev–Trinajstić information content (AvgIpc) is 2.80. The summed E-state index contributed by atoms with van der Waals surface area (Å²) in [6, 6.07) is 0. The van der Waals surface area contributed by atoms with E-state index in [0.717, 1.165) is 32.1 Å². The van der Waals surface area contributed by atoms with Gasteiger partial charge in [-0.25, -0.2) is 0 Å². The summed E-state index contributed by atoms with van der Waals surface area (Å²) in [5, 5.41) is 0. The van der Waals surface area contributed by atoms with Crippen LogP contribution in [0.15, 0.2) is 120 Å². The predicted molar refractivity (Wildman–Crippen MR) is 160 cm³/mol. The van der Waals surface area contributed by atoms with E-state index in [1.165, 1.54) is 27.9 Å². The maximum Gasteiger partial charge on any atom is 0.0657 e. The number of ether oxygens (including phenoxy) is 1. The van der Waals surface area contributed by atoms with E-state index >= 15 is 0 Å². The first-order valence-electron chi connectivity index (χ1n) is 12.8. The van der Waals surface area contributed by atoms with E-state index in [0.29, 0.717) is 0 Å². The molecule has 0 N–H and O–H groups in total. The number of unbranched alkanes of at least 4 members (excludes halogenated alkanes) is 1. The summed E-state index contributed by atoms with van der Waals surface area (Å²) in [4.78, 5) is 0. The Morgan fingerprint density at radius 1 is 0.686 bits per heavy atom. The van der Waals surface area contributed by atoms with Crippen LogP contribution < -0.4 is 0 Å². The van der Waals surface area contributed by atoms with Crippen LogP contribution in [0.5, 0.6) is 0 Å². The maximum absolute atomic E-state index is 5.44. The highest BCUT2D eigenvalue weighted by molar-refractivity contribution is 5.30. The Balaban J connectivity index is 4.53. The van der Waals surface area contributed by atoms with E-state index in [4.69, 9.17) is 4.74 Å². The predicted octanol–water partition coefficient (Wildman–Crippen LogP) is 10.5. The minimum atomic E-state index is -0.111. The molecule has 0 amide bonds. The lowest BCUT2D eigenvalue weighted by Crippen LogP contribution is -2.20. The van der Waals surface area contributed by atoms with Gasteiger partial charge < -0.3 is 4.74 Å². The van der Waals surface area contributed by atoms with Crippen LogP contribution in [0.4, 0.5) is 0 Å². The summed E-state index contributed by atoms with van der Waals surface area (Å²) in [6.45, 7) is 18.7. The van der Waals surface area contributed by atoms with Crippen molar-refractivity contribution in [2.24, 2.45) is 0 Å². The number of hydrogen-bond donors (Lipinski definition) is 0. The molecule has 0 aromatic heterocycles. The van der Waals surface area contributed by atoms with Gasteiger partial charge in [0.1, 0.15) is 0 Å². The molecule has 1 heteroatoms. The van der Waals surface area contributed by atoms with Crippen molar-refractivity contribution in [1.82, 2.24) is 0 Å². The molecule has 0 saturated heterocycles. The molecule has 0 atom stereocenters. The normalized spacial score (nSPS) is 15.5. The zero-order valence-corrected chi connectivity index (χ0v) is 23.7. The number of hydrogen-bond acceptors (Lipinski definition) is 1. The monoisotopic (exact) mass is 474 g/mol. The van der Waals surface area contributed by atoms with Gasteiger partial charge in [-0.05, 0) is 80.6 Å². The second-order valence-corrected chi connectivity index (χ2v) is 9.78. The van der Waals surface area contributed by atoms with Gasteiger partial charge in [0.2, 0.25) is 0 Å². The molecule has 0 aromatic rings. The van der Waals surface area contributed by atoms with Crippen LogP contribution in [0.1, 0.15) is 80.6 Å². The van der Waals surface area contributed by atoms with Crippen molar-refractivity contribution in [3.8, 4) is 0 Å². The highest BCUT2D eigenvalue weighted by Gasteiger charge is 2.12. The zero-order valence-electron chi connectivity index (χ0n) is 23.7. The Labute approximate surface area is 217 Å². The van der Waals surface area contributed by atoms with Gasteiger partial charge in [0, 0.05) is 7.11 Å². The minimum Gasteiger partial charge on any atom is -0.378 e. The lowest BCUT2D eigenvalue weighted by Gasteiger charge is -2.20. The Morgan fingerprint density at radius 3 is 1.69 bits per heavy atom. The van der Waals surface area contributed by atoms with Gasteiger partial charge in [-0.2, -0.15) is 0 Å². The molecule has 0 saturated carbocycles. The van der Waals surface area contributed by atoms with E-state index in [1.807, 2.05) is 6.08 Å². The van der Waals surface area contributed by atoms with Gasteiger partial charge in [-0.3, -0.25) is 0 Å². The van der Waals surface area contributed by atoms with Crippen LogP contribution in [0, 0.1) is 0 Å². The summed E-state index contributed by atoms with van der Waals surface area (Å²) < 4.78 is 5.44. The number of rotatable bonds is 16. The third-order valence-corrected chi connectivity index (χ3v) is 5.56. The lowest BCUT2D eigenvalue weighted by molar-refractivity contribution is 0.0255. The first kappa shape index (κ1) is 32.4. The Kier molecular flexibility index (Phi) is 18.2. The molecule has 35 heavy (non-hydrogen) atoms. The van der Waals surface area contributed by atoms with Crippen LogP contribution in [0.2, 0.25) is 0 Å². The van der Waals surface area contributed by atoms with Gasteiger partial charge in [0.05, 0.1) is 5.60 Å². The average molecular weight is 475 g/mol. The fourth-order valence-electron chi connectivity index (χ4n) is 2.96. The van der Waals surface area contributed by atoms with E-state index < -0.39 is 0 Å². The van der Waals surface area contributed by atoms with Crippen molar-refractivity contribution in [1.29, 1.82) is 0 Å². The molecule has 0 heterocycles. The molecule has 1 nitrogen and oxygen atoms in total. The van der Waals surface area contributed by atoms with Gasteiger partial charge in [0.15, 0.2) is 0 Å². The smallest absolute Gasteiger partial charge is 0.0657 e. The first-order chi connectivity index (χ1) is 16.6. The molecule has 0 spiro atoms. The third-order valence-electron chi connectivity index (χ3n) is 5.56. The Morgan fingerprint density at radius 2 is 1.17 bits per heavy atom. The lowest BCUT2D eigenvalue weighted by atomic mass is 10.0. The summed E-state index contributed by atoms with van der Waals surface area (Å²) in [5.41, 5.74) is 6.33. The molecule has 0 aliphatic rings. The van der Waals surface area contributed by atoms with Crippen LogP contribution in [-0.4, -0.2) is 12.7 Å². The molecule has 0 radical (unpaired) electrons. The van der Waals surface area contributed by atoms with E-state index in [2.05, 4.69) is 134 Å². The molecular weight excluding hydrogens is 424 g/mol. The number of allylic oxidation sites excluding steroid dienone is 18. The fourth-order valence-corrected chi connectivity index (χ4v) is 2.96. The summed E-state index contributed by atoms with van der Waals surface area (Å²) in [5.74, 6) is 0. The molecule has 192 valence electrons. The number of methoxy groups -OCH3 is 1. The van der Waals surface area contributed by atoms with Crippen LogP contribution in [-0.2, 0) is 4.74 Å². The van der Waals surface area contributed by atoms with E-state index in [1.54, 1.807) is 7.11 Å². The molecule has 0 rings (SSSR count). The minimum absolute atomic E-state index is 0.111. The quantitative estimate of drug-likeness (QED) is 0.123.